The van der Waals surface area contributed by atoms with Crippen molar-refractivity contribution >= 4 is 5.97 Å². The molecule has 0 aliphatic carbocycles. The molecule has 0 aromatic heterocycles. The lowest BCUT2D eigenvalue weighted by Crippen LogP contribution is -2.29. The Bertz CT molecular complexity index is 290. The van der Waals surface area contributed by atoms with Crippen LogP contribution in [0, 0.1) is 0 Å². The Hall–Kier alpha value is -0.990. The van der Waals surface area contributed by atoms with Crippen LogP contribution in [0.25, 0.3) is 0 Å². The first-order valence-corrected chi connectivity index (χ1v) is 5.09. The number of esters is 1. The molecule has 0 aromatic rings. The normalized spacial score (nSPS) is 30.2. The van der Waals surface area contributed by atoms with Gasteiger partial charge in [0.25, 0.3) is 0 Å². The molecule has 0 N–H and O–H groups in total. The van der Waals surface area contributed by atoms with E-state index in [9.17, 15) is 4.79 Å². The molecule has 0 saturated carbocycles. The molecular weight excluding hydrogens is 178 g/mol. The summed E-state index contributed by atoms with van der Waals surface area (Å²) in [5.41, 5.74) is 0.710. The third kappa shape index (κ3) is 1.51. The van der Waals surface area contributed by atoms with E-state index in [1.54, 1.807) is 0 Å². The molecule has 2 aliphatic heterocycles. The first-order valence-electron chi connectivity index (χ1n) is 5.09. The van der Waals surface area contributed by atoms with Crippen LogP contribution in [0.3, 0.4) is 0 Å². The molecule has 0 aromatic carbocycles. The second kappa shape index (κ2) is 2.75. The number of hydrogen-bond donors (Lipinski definition) is 0. The third-order valence-corrected chi connectivity index (χ3v) is 2.67. The molecule has 0 spiro atoms. The van der Waals surface area contributed by atoms with Gasteiger partial charge in [0.2, 0.25) is 0 Å². The molecule has 2 rings (SSSR count). The van der Waals surface area contributed by atoms with E-state index in [4.69, 9.17) is 4.74 Å². The van der Waals surface area contributed by atoms with Crippen molar-refractivity contribution in [3.8, 4) is 0 Å². The number of rotatable bonds is 1. The van der Waals surface area contributed by atoms with E-state index < -0.39 is 0 Å². The fourth-order valence-corrected chi connectivity index (χ4v) is 2.08. The molecular formula is C11H17NO2. The molecule has 2 heterocycles. The Labute approximate surface area is 84.7 Å². The van der Waals surface area contributed by atoms with Gasteiger partial charge >= 0.3 is 5.97 Å². The number of nitrogens with zero attached hydrogens (tertiary/aromatic N) is 1. The zero-order chi connectivity index (χ0) is 10.5. The van der Waals surface area contributed by atoms with Gasteiger partial charge in [-0.05, 0) is 33.6 Å². The summed E-state index contributed by atoms with van der Waals surface area (Å²) in [5.74, 6) is -0.0941. The van der Waals surface area contributed by atoms with E-state index in [1.165, 1.54) is 0 Å². The molecule has 0 amide bonds. The highest BCUT2D eigenvalue weighted by Gasteiger charge is 2.57. The van der Waals surface area contributed by atoms with Gasteiger partial charge in [0.05, 0.1) is 6.04 Å². The Kier molecular flexibility index (Phi) is 1.88. The minimum absolute atomic E-state index is 0.0320. The van der Waals surface area contributed by atoms with Crippen LogP contribution in [0.2, 0.25) is 0 Å². The zero-order valence-electron chi connectivity index (χ0n) is 9.04. The van der Waals surface area contributed by atoms with E-state index in [1.807, 2.05) is 20.8 Å². The van der Waals surface area contributed by atoms with Gasteiger partial charge < -0.3 is 9.64 Å². The van der Waals surface area contributed by atoms with E-state index in [0.29, 0.717) is 6.04 Å². The lowest BCUT2D eigenvalue weighted by Gasteiger charge is -2.19. The van der Waals surface area contributed by atoms with Crippen LogP contribution in [0.4, 0.5) is 0 Å². The molecule has 3 nitrogen and oxygen atoms in total. The quantitative estimate of drug-likeness (QED) is 0.471. The van der Waals surface area contributed by atoms with Gasteiger partial charge in [0.15, 0.2) is 0 Å². The maximum Gasteiger partial charge on any atom is 0.331 e. The first-order chi connectivity index (χ1) is 6.40. The van der Waals surface area contributed by atoms with Gasteiger partial charge in [0, 0.05) is 5.70 Å². The van der Waals surface area contributed by atoms with Crippen LogP contribution < -0.4 is 0 Å². The molecule has 3 heteroatoms. The number of carbonyl (C=O) groups excluding carboxylic acids is 1. The summed E-state index contributed by atoms with van der Waals surface area (Å²) in [5, 5.41) is 0. The van der Waals surface area contributed by atoms with Gasteiger partial charge in [-0.15, -0.1) is 0 Å². The third-order valence-electron chi connectivity index (χ3n) is 2.67. The number of allylic oxidation sites excluding steroid dienone is 1. The van der Waals surface area contributed by atoms with Crippen molar-refractivity contribution in [2.24, 2.45) is 0 Å². The Morgan fingerprint density at radius 1 is 1.57 bits per heavy atom. The van der Waals surface area contributed by atoms with Gasteiger partial charge in [-0.2, -0.15) is 0 Å². The van der Waals surface area contributed by atoms with Crippen LogP contribution in [0.1, 0.15) is 33.6 Å². The fourth-order valence-electron chi connectivity index (χ4n) is 2.08. The van der Waals surface area contributed by atoms with E-state index in [2.05, 4.69) is 11.5 Å². The maximum atomic E-state index is 11.7. The number of hydrogen-bond acceptors (Lipinski definition) is 3. The van der Waals surface area contributed by atoms with Crippen LogP contribution in [-0.4, -0.2) is 28.6 Å². The standard InChI is InChI=1S/C11H17NO2/c1-7-5-6-8-9(12(7)8)10(13)14-11(2,3)4/h8-9H,1,5-6H2,2-4H3/t8-,9+,12?/m0/s1. The van der Waals surface area contributed by atoms with Crippen molar-refractivity contribution in [2.45, 2.75) is 51.3 Å². The predicted octanol–water partition coefficient (Wildman–Crippen LogP) is 1.69. The minimum Gasteiger partial charge on any atom is -0.458 e. The minimum atomic E-state index is -0.379. The van der Waals surface area contributed by atoms with E-state index in [-0.39, 0.29) is 17.6 Å². The smallest absolute Gasteiger partial charge is 0.331 e. The Morgan fingerprint density at radius 2 is 2.21 bits per heavy atom. The average Bonchev–Trinajstić information content (AvgIpc) is 2.61. The van der Waals surface area contributed by atoms with E-state index >= 15 is 0 Å². The highest BCUT2D eigenvalue weighted by Crippen LogP contribution is 2.45. The van der Waals surface area contributed by atoms with Crippen molar-refractivity contribution in [1.29, 1.82) is 0 Å². The van der Waals surface area contributed by atoms with Crippen molar-refractivity contribution < 1.29 is 9.53 Å². The number of carbonyl (C=O) groups is 1. The molecule has 2 fully saturated rings. The fraction of sp³-hybridized carbons (Fsp3) is 0.727. The first kappa shape index (κ1) is 9.56. The molecule has 2 atom stereocenters. The molecule has 0 unspecified atom stereocenters. The number of ether oxygens (including phenoxy) is 1. The molecule has 2 aliphatic rings. The summed E-state index contributed by atoms with van der Waals surface area (Å²) in [6.45, 7) is 9.61. The summed E-state index contributed by atoms with van der Waals surface area (Å²) >= 11 is 0. The Morgan fingerprint density at radius 3 is 2.64 bits per heavy atom. The molecule has 78 valence electrons. The van der Waals surface area contributed by atoms with Gasteiger partial charge in [-0.3, -0.25) is 0 Å². The summed E-state index contributed by atoms with van der Waals surface area (Å²) in [4.78, 5) is 13.8. The largest absolute Gasteiger partial charge is 0.458 e. The topological polar surface area (TPSA) is 29.3 Å². The summed E-state index contributed by atoms with van der Waals surface area (Å²) in [6, 6.07) is 0.354. The second-order valence-corrected chi connectivity index (χ2v) is 5.06. The predicted molar refractivity (Wildman–Crippen MR) is 53.6 cm³/mol. The molecule has 14 heavy (non-hydrogen) atoms. The lowest BCUT2D eigenvalue weighted by molar-refractivity contribution is -0.155. The van der Waals surface area contributed by atoms with Crippen molar-refractivity contribution in [2.75, 3.05) is 0 Å². The number of fused-ring (bicyclic) bond motifs is 1. The summed E-state index contributed by atoms with van der Waals surface area (Å²) in [7, 11) is 0. The molecule has 0 bridgehead atoms. The summed E-state index contributed by atoms with van der Waals surface area (Å²) in [6.07, 6.45) is 2.09. The Balaban J connectivity index is 1.94. The van der Waals surface area contributed by atoms with Crippen molar-refractivity contribution in [3.63, 3.8) is 0 Å². The monoisotopic (exact) mass is 195 g/mol. The SMILES string of the molecule is C=C1CC[C@H]2[C@H](C(=O)OC(C)(C)C)N12. The van der Waals surface area contributed by atoms with Crippen LogP contribution in [0.15, 0.2) is 12.3 Å². The lowest BCUT2D eigenvalue weighted by atomic mass is 10.1. The van der Waals surface area contributed by atoms with Crippen LogP contribution in [0.5, 0.6) is 0 Å². The van der Waals surface area contributed by atoms with Crippen molar-refractivity contribution in [3.05, 3.63) is 12.3 Å². The van der Waals surface area contributed by atoms with Gasteiger partial charge in [-0.1, -0.05) is 6.58 Å². The second-order valence-electron chi connectivity index (χ2n) is 5.06. The molecule has 0 radical (unpaired) electrons. The van der Waals surface area contributed by atoms with Crippen molar-refractivity contribution in [1.82, 2.24) is 4.90 Å². The average molecular weight is 195 g/mol. The van der Waals surface area contributed by atoms with E-state index in [0.717, 1.165) is 18.5 Å². The molecule has 2 saturated heterocycles. The highest BCUT2D eigenvalue weighted by atomic mass is 16.6. The summed E-state index contributed by atoms with van der Waals surface area (Å²) < 4.78 is 5.32. The van der Waals surface area contributed by atoms with Gasteiger partial charge in [0.1, 0.15) is 11.6 Å². The zero-order valence-corrected chi connectivity index (χ0v) is 9.04. The van der Waals surface area contributed by atoms with Crippen LogP contribution >= 0.6 is 0 Å². The van der Waals surface area contributed by atoms with Crippen LogP contribution in [-0.2, 0) is 9.53 Å². The van der Waals surface area contributed by atoms with Gasteiger partial charge in [-0.25, -0.2) is 4.79 Å². The maximum absolute atomic E-state index is 11.7. The number of piperidine rings is 1. The highest BCUT2D eigenvalue weighted by molar-refractivity contribution is 5.81.